The van der Waals surface area contributed by atoms with Crippen molar-refractivity contribution in [1.82, 2.24) is 14.7 Å². The van der Waals surface area contributed by atoms with Crippen LogP contribution in [-0.4, -0.2) is 20.4 Å². The molecule has 1 amide bonds. The summed E-state index contributed by atoms with van der Waals surface area (Å²) in [6.07, 6.45) is 1.48. The van der Waals surface area contributed by atoms with Crippen molar-refractivity contribution in [2.45, 2.75) is 6.54 Å². The van der Waals surface area contributed by atoms with Crippen LogP contribution in [0.5, 0.6) is 5.88 Å². The molecule has 116 valence electrons. The van der Waals surface area contributed by atoms with Gasteiger partial charge in [0.2, 0.25) is 5.88 Å². The maximum atomic E-state index is 12.3. The van der Waals surface area contributed by atoms with Gasteiger partial charge in [0.25, 0.3) is 11.5 Å². The van der Waals surface area contributed by atoms with Crippen LogP contribution < -0.4 is 10.9 Å². The zero-order valence-electron chi connectivity index (χ0n) is 11.9. The van der Waals surface area contributed by atoms with E-state index in [1.54, 1.807) is 42.5 Å². The SMILES string of the molecule is O=C(NCc1ccccc1Cl)c1c(O)nc2ccccn2c1=O. The van der Waals surface area contributed by atoms with E-state index >= 15 is 0 Å². The molecular weight excluding hydrogens is 318 g/mol. The highest BCUT2D eigenvalue weighted by molar-refractivity contribution is 6.31. The highest BCUT2D eigenvalue weighted by Crippen LogP contribution is 2.15. The van der Waals surface area contributed by atoms with Crippen molar-refractivity contribution >= 4 is 23.2 Å². The first-order valence-electron chi connectivity index (χ1n) is 6.80. The fourth-order valence-corrected chi connectivity index (χ4v) is 2.38. The molecule has 2 heterocycles. The predicted octanol–water partition coefficient (Wildman–Crippen LogP) is 1.98. The lowest BCUT2D eigenvalue weighted by atomic mass is 10.2. The number of rotatable bonds is 3. The molecule has 1 aromatic carbocycles. The molecule has 0 atom stereocenters. The number of amides is 1. The van der Waals surface area contributed by atoms with Crippen molar-refractivity contribution in [3.8, 4) is 5.88 Å². The Morgan fingerprint density at radius 3 is 2.74 bits per heavy atom. The van der Waals surface area contributed by atoms with Gasteiger partial charge in [-0.3, -0.25) is 14.0 Å². The quantitative estimate of drug-likeness (QED) is 0.769. The highest BCUT2D eigenvalue weighted by atomic mass is 35.5. The standard InChI is InChI=1S/C16H12ClN3O3/c17-11-6-2-1-5-10(11)9-18-14(21)13-15(22)19-12-7-3-4-8-20(12)16(13)23/h1-8,22H,9H2,(H,18,21). The van der Waals surface area contributed by atoms with Gasteiger partial charge in [-0.05, 0) is 23.8 Å². The van der Waals surface area contributed by atoms with Gasteiger partial charge in [-0.1, -0.05) is 35.9 Å². The molecule has 2 N–H and O–H groups in total. The number of aromatic hydroxyl groups is 1. The van der Waals surface area contributed by atoms with Crippen LogP contribution in [0.15, 0.2) is 53.5 Å². The Morgan fingerprint density at radius 1 is 1.22 bits per heavy atom. The molecule has 0 fully saturated rings. The first kappa shape index (κ1) is 15.1. The van der Waals surface area contributed by atoms with E-state index in [0.717, 1.165) is 0 Å². The van der Waals surface area contributed by atoms with E-state index in [1.165, 1.54) is 10.6 Å². The van der Waals surface area contributed by atoms with Gasteiger partial charge >= 0.3 is 0 Å². The Hall–Kier alpha value is -2.86. The topological polar surface area (TPSA) is 83.7 Å². The van der Waals surface area contributed by atoms with Crippen LogP contribution in [0.2, 0.25) is 5.02 Å². The lowest BCUT2D eigenvalue weighted by Crippen LogP contribution is -2.31. The number of aromatic nitrogens is 2. The molecule has 0 saturated heterocycles. The van der Waals surface area contributed by atoms with Gasteiger partial charge in [0, 0.05) is 17.8 Å². The number of nitrogens with zero attached hydrogens (tertiary/aromatic N) is 2. The Balaban J connectivity index is 1.92. The van der Waals surface area contributed by atoms with E-state index in [2.05, 4.69) is 10.3 Å². The predicted molar refractivity (Wildman–Crippen MR) is 85.7 cm³/mol. The van der Waals surface area contributed by atoms with Crippen LogP contribution >= 0.6 is 11.6 Å². The smallest absolute Gasteiger partial charge is 0.274 e. The summed E-state index contributed by atoms with van der Waals surface area (Å²) in [6, 6.07) is 11.9. The number of carbonyl (C=O) groups excluding carboxylic acids is 1. The summed E-state index contributed by atoms with van der Waals surface area (Å²) >= 11 is 6.02. The molecule has 3 aromatic rings. The Labute approximate surface area is 136 Å². The Morgan fingerprint density at radius 2 is 1.96 bits per heavy atom. The molecule has 2 aromatic heterocycles. The maximum Gasteiger partial charge on any atom is 0.274 e. The van der Waals surface area contributed by atoms with Gasteiger partial charge in [0.15, 0.2) is 5.56 Å². The van der Waals surface area contributed by atoms with Crippen molar-refractivity contribution in [3.05, 3.63) is 75.2 Å². The average molecular weight is 330 g/mol. The van der Waals surface area contributed by atoms with Crippen molar-refractivity contribution in [1.29, 1.82) is 0 Å². The van der Waals surface area contributed by atoms with Gasteiger partial charge in [0.1, 0.15) is 5.65 Å². The number of hydrogen-bond acceptors (Lipinski definition) is 4. The zero-order valence-corrected chi connectivity index (χ0v) is 12.6. The molecule has 0 bridgehead atoms. The van der Waals surface area contributed by atoms with Crippen molar-refractivity contribution in [2.24, 2.45) is 0 Å². The summed E-state index contributed by atoms with van der Waals surface area (Å²) in [7, 11) is 0. The number of hydrogen-bond donors (Lipinski definition) is 2. The molecule has 6 nitrogen and oxygen atoms in total. The van der Waals surface area contributed by atoms with E-state index < -0.39 is 22.9 Å². The van der Waals surface area contributed by atoms with E-state index in [4.69, 9.17) is 11.6 Å². The van der Waals surface area contributed by atoms with E-state index in [1.807, 2.05) is 0 Å². The number of halogens is 1. The minimum absolute atomic E-state index is 0.134. The molecule has 0 aliphatic heterocycles. The summed E-state index contributed by atoms with van der Waals surface area (Å²) in [5.41, 5.74) is -0.0703. The summed E-state index contributed by atoms with van der Waals surface area (Å²) in [6.45, 7) is 0.134. The normalized spacial score (nSPS) is 10.7. The average Bonchev–Trinajstić information content (AvgIpc) is 2.54. The second-order valence-electron chi connectivity index (χ2n) is 4.82. The summed E-state index contributed by atoms with van der Waals surface area (Å²) in [5, 5.41) is 13.0. The molecular formula is C16H12ClN3O3. The lowest BCUT2D eigenvalue weighted by molar-refractivity contribution is 0.0945. The Kier molecular flexibility index (Phi) is 3.99. The largest absolute Gasteiger partial charge is 0.493 e. The third-order valence-electron chi connectivity index (χ3n) is 3.34. The summed E-state index contributed by atoms with van der Waals surface area (Å²) in [5.74, 6) is -1.31. The second kappa shape index (κ2) is 6.10. The van der Waals surface area contributed by atoms with Crippen LogP contribution in [0.1, 0.15) is 15.9 Å². The van der Waals surface area contributed by atoms with Crippen LogP contribution in [0.4, 0.5) is 0 Å². The monoisotopic (exact) mass is 329 g/mol. The molecule has 0 spiro atoms. The number of carbonyl (C=O) groups is 1. The first-order chi connectivity index (χ1) is 11.1. The van der Waals surface area contributed by atoms with E-state index in [-0.39, 0.29) is 12.2 Å². The maximum absolute atomic E-state index is 12.3. The molecule has 23 heavy (non-hydrogen) atoms. The molecule has 3 rings (SSSR count). The summed E-state index contributed by atoms with van der Waals surface area (Å²) < 4.78 is 1.20. The zero-order chi connectivity index (χ0) is 16.4. The fourth-order valence-electron chi connectivity index (χ4n) is 2.18. The van der Waals surface area contributed by atoms with Crippen LogP contribution in [-0.2, 0) is 6.54 Å². The minimum Gasteiger partial charge on any atom is -0.493 e. The molecule has 0 aliphatic rings. The van der Waals surface area contributed by atoms with Crippen LogP contribution in [0.3, 0.4) is 0 Å². The van der Waals surface area contributed by atoms with Gasteiger partial charge in [-0.25, -0.2) is 0 Å². The van der Waals surface area contributed by atoms with Crippen LogP contribution in [0.25, 0.3) is 5.65 Å². The lowest BCUT2D eigenvalue weighted by Gasteiger charge is -2.08. The number of nitrogens with one attached hydrogen (secondary N) is 1. The van der Waals surface area contributed by atoms with Gasteiger partial charge in [-0.15, -0.1) is 0 Å². The van der Waals surface area contributed by atoms with Gasteiger partial charge < -0.3 is 10.4 Å². The first-order valence-corrected chi connectivity index (χ1v) is 7.17. The third kappa shape index (κ3) is 2.89. The second-order valence-corrected chi connectivity index (χ2v) is 5.23. The molecule has 7 heteroatoms. The van der Waals surface area contributed by atoms with Crippen molar-refractivity contribution in [2.75, 3.05) is 0 Å². The minimum atomic E-state index is -0.710. The molecule has 0 saturated carbocycles. The van der Waals surface area contributed by atoms with Crippen LogP contribution in [0, 0.1) is 0 Å². The Bertz CT molecular complexity index is 953. The van der Waals surface area contributed by atoms with Gasteiger partial charge in [-0.2, -0.15) is 4.98 Å². The highest BCUT2D eigenvalue weighted by Gasteiger charge is 2.19. The number of fused-ring (bicyclic) bond motifs is 1. The number of benzene rings is 1. The molecule has 0 aliphatic carbocycles. The van der Waals surface area contributed by atoms with Crippen molar-refractivity contribution < 1.29 is 9.90 Å². The summed E-state index contributed by atoms with van der Waals surface area (Å²) in [4.78, 5) is 28.5. The molecule has 0 radical (unpaired) electrons. The fraction of sp³-hybridized carbons (Fsp3) is 0.0625. The third-order valence-corrected chi connectivity index (χ3v) is 3.71. The number of pyridine rings is 1. The van der Waals surface area contributed by atoms with E-state index in [0.29, 0.717) is 10.6 Å². The van der Waals surface area contributed by atoms with Gasteiger partial charge in [0.05, 0.1) is 0 Å². The van der Waals surface area contributed by atoms with E-state index in [9.17, 15) is 14.7 Å². The molecule has 0 unspecified atom stereocenters. The van der Waals surface area contributed by atoms with Crippen molar-refractivity contribution in [3.63, 3.8) is 0 Å².